The smallest absolute Gasteiger partial charge is 0.121 e. The standard InChI is InChI=1S/C13H13ClN2O/c1-17-11-5-6-12(14)13(8-11)16-10-4-2-3-9(15)7-10/h2-8,16H,15H2,1H3. The van der Waals surface area contributed by atoms with Gasteiger partial charge in [0.05, 0.1) is 17.8 Å². The Labute approximate surface area is 105 Å². The van der Waals surface area contributed by atoms with Crippen molar-refractivity contribution in [2.24, 2.45) is 0 Å². The number of rotatable bonds is 3. The van der Waals surface area contributed by atoms with E-state index in [-0.39, 0.29) is 0 Å². The molecule has 3 nitrogen and oxygen atoms in total. The maximum Gasteiger partial charge on any atom is 0.121 e. The highest BCUT2D eigenvalue weighted by atomic mass is 35.5. The van der Waals surface area contributed by atoms with E-state index in [9.17, 15) is 0 Å². The van der Waals surface area contributed by atoms with Crippen LogP contribution in [0.1, 0.15) is 0 Å². The molecule has 0 aliphatic rings. The van der Waals surface area contributed by atoms with Crippen LogP contribution in [0.3, 0.4) is 0 Å². The van der Waals surface area contributed by atoms with Crippen molar-refractivity contribution < 1.29 is 4.74 Å². The lowest BCUT2D eigenvalue weighted by atomic mass is 10.2. The average Bonchev–Trinajstić information content (AvgIpc) is 2.32. The fraction of sp³-hybridized carbons (Fsp3) is 0.0769. The van der Waals surface area contributed by atoms with Crippen molar-refractivity contribution in [3.8, 4) is 5.75 Å². The second-order valence-corrected chi connectivity index (χ2v) is 4.00. The Balaban J connectivity index is 2.29. The molecular formula is C13H13ClN2O. The normalized spacial score (nSPS) is 10.0. The van der Waals surface area contributed by atoms with Crippen LogP contribution in [0.25, 0.3) is 0 Å². The number of hydrogen-bond acceptors (Lipinski definition) is 3. The molecule has 0 saturated carbocycles. The van der Waals surface area contributed by atoms with Gasteiger partial charge in [0, 0.05) is 17.4 Å². The van der Waals surface area contributed by atoms with Crippen LogP contribution >= 0.6 is 11.6 Å². The Kier molecular flexibility index (Phi) is 3.40. The maximum atomic E-state index is 6.09. The highest BCUT2D eigenvalue weighted by Crippen LogP contribution is 2.29. The van der Waals surface area contributed by atoms with Gasteiger partial charge in [-0.25, -0.2) is 0 Å². The third-order valence-electron chi connectivity index (χ3n) is 2.34. The number of benzene rings is 2. The van der Waals surface area contributed by atoms with E-state index < -0.39 is 0 Å². The first kappa shape index (κ1) is 11.6. The van der Waals surface area contributed by atoms with Crippen LogP contribution in [0.4, 0.5) is 17.1 Å². The predicted octanol–water partition coefficient (Wildman–Crippen LogP) is 3.67. The molecule has 0 spiro atoms. The zero-order chi connectivity index (χ0) is 12.3. The van der Waals surface area contributed by atoms with Gasteiger partial charge in [0.1, 0.15) is 5.75 Å². The molecule has 88 valence electrons. The van der Waals surface area contributed by atoms with Gasteiger partial charge in [0.2, 0.25) is 0 Å². The van der Waals surface area contributed by atoms with Gasteiger partial charge in [0.15, 0.2) is 0 Å². The van der Waals surface area contributed by atoms with Gasteiger partial charge < -0.3 is 15.8 Å². The van der Waals surface area contributed by atoms with Crippen LogP contribution in [0, 0.1) is 0 Å². The van der Waals surface area contributed by atoms with Gasteiger partial charge in [-0.3, -0.25) is 0 Å². The number of ether oxygens (including phenoxy) is 1. The van der Waals surface area contributed by atoms with Crippen molar-refractivity contribution >= 4 is 28.7 Å². The summed E-state index contributed by atoms with van der Waals surface area (Å²) in [6, 6.07) is 12.9. The van der Waals surface area contributed by atoms with Crippen LogP contribution in [0.5, 0.6) is 5.75 Å². The molecule has 3 N–H and O–H groups in total. The Bertz CT molecular complexity index is 529. The molecule has 0 fully saturated rings. The quantitative estimate of drug-likeness (QED) is 0.815. The van der Waals surface area contributed by atoms with Crippen molar-refractivity contribution in [1.82, 2.24) is 0 Å². The van der Waals surface area contributed by atoms with E-state index in [4.69, 9.17) is 22.1 Å². The number of hydrogen-bond donors (Lipinski definition) is 2. The Morgan fingerprint density at radius 3 is 2.71 bits per heavy atom. The topological polar surface area (TPSA) is 47.3 Å². The first-order chi connectivity index (χ1) is 8.19. The Hall–Kier alpha value is -1.87. The van der Waals surface area contributed by atoms with Crippen LogP contribution in [0.15, 0.2) is 42.5 Å². The molecule has 0 atom stereocenters. The summed E-state index contributed by atoms with van der Waals surface area (Å²) >= 11 is 6.09. The van der Waals surface area contributed by atoms with Crippen LogP contribution in [-0.2, 0) is 0 Å². The number of nitrogen functional groups attached to an aromatic ring is 1. The molecule has 0 aromatic heterocycles. The SMILES string of the molecule is COc1ccc(Cl)c(Nc2cccc(N)c2)c1. The van der Waals surface area contributed by atoms with Crippen molar-refractivity contribution in [2.75, 3.05) is 18.2 Å². The lowest BCUT2D eigenvalue weighted by Crippen LogP contribution is -1.94. The van der Waals surface area contributed by atoms with Crippen molar-refractivity contribution in [3.05, 3.63) is 47.5 Å². The van der Waals surface area contributed by atoms with Crippen molar-refractivity contribution in [2.45, 2.75) is 0 Å². The van der Waals surface area contributed by atoms with Gasteiger partial charge >= 0.3 is 0 Å². The number of nitrogens with one attached hydrogen (secondary N) is 1. The fourth-order valence-electron chi connectivity index (χ4n) is 1.50. The largest absolute Gasteiger partial charge is 0.497 e. The summed E-state index contributed by atoms with van der Waals surface area (Å²) in [5, 5.41) is 3.83. The first-order valence-electron chi connectivity index (χ1n) is 5.15. The van der Waals surface area contributed by atoms with Gasteiger partial charge in [-0.2, -0.15) is 0 Å². The van der Waals surface area contributed by atoms with E-state index in [1.54, 1.807) is 13.2 Å². The number of anilines is 3. The molecule has 0 amide bonds. The Morgan fingerprint density at radius 1 is 1.18 bits per heavy atom. The fourth-order valence-corrected chi connectivity index (χ4v) is 1.66. The van der Waals surface area contributed by atoms with Gasteiger partial charge in [-0.1, -0.05) is 17.7 Å². The molecule has 0 unspecified atom stereocenters. The van der Waals surface area contributed by atoms with Crippen LogP contribution < -0.4 is 15.8 Å². The summed E-state index contributed by atoms with van der Waals surface area (Å²) in [5.74, 6) is 0.751. The molecule has 0 aliphatic carbocycles. The third-order valence-corrected chi connectivity index (χ3v) is 2.67. The molecule has 0 aliphatic heterocycles. The summed E-state index contributed by atoms with van der Waals surface area (Å²) in [7, 11) is 1.62. The molecule has 0 radical (unpaired) electrons. The highest BCUT2D eigenvalue weighted by molar-refractivity contribution is 6.33. The van der Waals surface area contributed by atoms with Gasteiger partial charge in [-0.05, 0) is 30.3 Å². The number of nitrogens with two attached hydrogens (primary N) is 1. The maximum absolute atomic E-state index is 6.09. The van der Waals surface area contributed by atoms with E-state index in [0.717, 1.165) is 17.1 Å². The van der Waals surface area contributed by atoms with Gasteiger partial charge in [-0.15, -0.1) is 0 Å². The van der Waals surface area contributed by atoms with Crippen molar-refractivity contribution in [3.63, 3.8) is 0 Å². The highest BCUT2D eigenvalue weighted by Gasteiger charge is 2.03. The predicted molar refractivity (Wildman–Crippen MR) is 72.1 cm³/mol. The zero-order valence-electron chi connectivity index (χ0n) is 9.41. The van der Waals surface area contributed by atoms with E-state index >= 15 is 0 Å². The van der Waals surface area contributed by atoms with Gasteiger partial charge in [0.25, 0.3) is 0 Å². The summed E-state index contributed by atoms with van der Waals surface area (Å²) in [6.45, 7) is 0. The second-order valence-electron chi connectivity index (χ2n) is 3.60. The molecule has 2 aromatic rings. The zero-order valence-corrected chi connectivity index (χ0v) is 10.2. The summed E-state index contributed by atoms with van der Waals surface area (Å²) in [5.41, 5.74) is 8.09. The van der Waals surface area contributed by atoms with E-state index in [0.29, 0.717) is 10.7 Å². The van der Waals surface area contributed by atoms with E-state index in [1.807, 2.05) is 36.4 Å². The molecular weight excluding hydrogens is 236 g/mol. The van der Waals surface area contributed by atoms with E-state index in [2.05, 4.69) is 5.32 Å². The summed E-state index contributed by atoms with van der Waals surface area (Å²) in [6.07, 6.45) is 0. The Morgan fingerprint density at radius 2 is 2.00 bits per heavy atom. The second kappa shape index (κ2) is 4.97. The molecule has 0 bridgehead atoms. The van der Waals surface area contributed by atoms with Crippen LogP contribution in [-0.4, -0.2) is 7.11 Å². The lowest BCUT2D eigenvalue weighted by Gasteiger charge is -2.10. The first-order valence-corrected chi connectivity index (χ1v) is 5.53. The minimum atomic E-state index is 0.633. The molecule has 2 rings (SSSR count). The summed E-state index contributed by atoms with van der Waals surface area (Å²) < 4.78 is 5.15. The molecule has 4 heteroatoms. The molecule has 17 heavy (non-hydrogen) atoms. The van der Waals surface area contributed by atoms with Crippen LogP contribution in [0.2, 0.25) is 5.02 Å². The lowest BCUT2D eigenvalue weighted by molar-refractivity contribution is 0.415. The molecule has 2 aromatic carbocycles. The third kappa shape index (κ3) is 2.82. The van der Waals surface area contributed by atoms with E-state index in [1.165, 1.54) is 0 Å². The molecule has 0 saturated heterocycles. The minimum absolute atomic E-state index is 0.633. The minimum Gasteiger partial charge on any atom is -0.497 e. The van der Waals surface area contributed by atoms with Crippen molar-refractivity contribution in [1.29, 1.82) is 0 Å². The monoisotopic (exact) mass is 248 g/mol. The average molecular weight is 249 g/mol. The number of halogens is 1. The molecule has 0 heterocycles. The summed E-state index contributed by atoms with van der Waals surface area (Å²) in [4.78, 5) is 0. The number of methoxy groups -OCH3 is 1.